The second kappa shape index (κ2) is 7.38. The Labute approximate surface area is 128 Å². The molecule has 0 saturated heterocycles. The molecular formula is C14H18ClN3OS. The van der Waals surface area contributed by atoms with Crippen LogP contribution in [-0.2, 0) is 4.79 Å². The maximum atomic E-state index is 12.0. The number of anilines is 1. The number of hydrogen-bond donors (Lipinski definition) is 2. The van der Waals surface area contributed by atoms with Gasteiger partial charge in [0.2, 0.25) is 5.91 Å². The molecule has 1 unspecified atom stereocenters. The average molecular weight is 312 g/mol. The number of carbonyl (C=O) groups is 1. The number of benzene rings is 1. The zero-order valence-corrected chi connectivity index (χ0v) is 13.0. The number of carbonyl (C=O) groups excluding carboxylic acids is 1. The minimum Gasteiger partial charge on any atom is -0.316 e. The van der Waals surface area contributed by atoms with Crippen molar-refractivity contribution in [2.24, 2.45) is 5.73 Å². The molecule has 3 N–H and O–H groups in total. The van der Waals surface area contributed by atoms with Crippen LogP contribution < -0.4 is 11.1 Å². The normalized spacial score (nSPS) is 11.8. The van der Waals surface area contributed by atoms with E-state index in [0.29, 0.717) is 11.0 Å². The van der Waals surface area contributed by atoms with E-state index in [2.05, 4.69) is 24.1 Å². The Morgan fingerprint density at radius 1 is 1.30 bits per heavy atom. The van der Waals surface area contributed by atoms with Gasteiger partial charge in [-0.05, 0) is 11.5 Å². The van der Waals surface area contributed by atoms with Crippen molar-refractivity contribution in [3.63, 3.8) is 0 Å². The predicted molar refractivity (Wildman–Crippen MR) is 85.5 cm³/mol. The van der Waals surface area contributed by atoms with Gasteiger partial charge in [-0.1, -0.05) is 44.2 Å². The summed E-state index contributed by atoms with van der Waals surface area (Å²) < 4.78 is 0. The fraction of sp³-hybridized carbons (Fsp3) is 0.286. The molecule has 1 heterocycles. The lowest BCUT2D eigenvalue weighted by molar-refractivity contribution is -0.117. The molecule has 0 radical (unpaired) electrons. The lowest BCUT2D eigenvalue weighted by Gasteiger charge is -2.10. The van der Waals surface area contributed by atoms with Crippen LogP contribution >= 0.6 is 23.7 Å². The van der Waals surface area contributed by atoms with E-state index >= 15 is 0 Å². The first-order valence-electron chi connectivity index (χ1n) is 6.15. The second-order valence-electron chi connectivity index (χ2n) is 4.60. The average Bonchev–Trinajstić information content (AvgIpc) is 2.87. The van der Waals surface area contributed by atoms with Crippen LogP contribution in [-0.4, -0.2) is 10.9 Å². The molecule has 0 aliphatic heterocycles. The first-order valence-corrected chi connectivity index (χ1v) is 6.96. The number of halogens is 1. The SMILES string of the molecule is CC(C)c1cnc(NC(=O)C(N)c2ccccc2)s1.Cl. The van der Waals surface area contributed by atoms with Gasteiger partial charge in [-0.15, -0.1) is 23.7 Å². The van der Waals surface area contributed by atoms with Crippen molar-refractivity contribution in [2.75, 3.05) is 5.32 Å². The molecule has 0 spiro atoms. The Morgan fingerprint density at radius 2 is 1.95 bits per heavy atom. The highest BCUT2D eigenvalue weighted by molar-refractivity contribution is 7.15. The largest absolute Gasteiger partial charge is 0.316 e. The van der Waals surface area contributed by atoms with E-state index in [4.69, 9.17) is 5.73 Å². The van der Waals surface area contributed by atoms with E-state index in [1.807, 2.05) is 30.3 Å². The number of hydrogen-bond acceptors (Lipinski definition) is 4. The molecule has 6 heteroatoms. The number of nitrogens with two attached hydrogens (primary N) is 1. The third kappa shape index (κ3) is 4.03. The Morgan fingerprint density at radius 3 is 2.50 bits per heavy atom. The molecular weight excluding hydrogens is 294 g/mol. The molecule has 1 atom stereocenters. The summed E-state index contributed by atoms with van der Waals surface area (Å²) in [6.07, 6.45) is 1.79. The monoisotopic (exact) mass is 311 g/mol. The van der Waals surface area contributed by atoms with E-state index in [1.54, 1.807) is 6.20 Å². The molecule has 1 amide bonds. The Kier molecular flexibility index (Phi) is 6.13. The van der Waals surface area contributed by atoms with Gasteiger partial charge in [0.1, 0.15) is 6.04 Å². The van der Waals surface area contributed by atoms with Crippen molar-refractivity contribution < 1.29 is 4.79 Å². The fourth-order valence-corrected chi connectivity index (χ4v) is 2.43. The summed E-state index contributed by atoms with van der Waals surface area (Å²) in [5, 5.41) is 3.36. The zero-order valence-electron chi connectivity index (χ0n) is 11.4. The molecule has 0 aliphatic rings. The van der Waals surface area contributed by atoms with Crippen LogP contribution in [0.3, 0.4) is 0 Å². The van der Waals surface area contributed by atoms with Gasteiger partial charge >= 0.3 is 0 Å². The predicted octanol–water partition coefficient (Wildman–Crippen LogP) is 3.33. The number of rotatable bonds is 4. The Bertz CT molecular complexity index is 557. The maximum absolute atomic E-state index is 12.0. The van der Waals surface area contributed by atoms with Crippen molar-refractivity contribution in [1.82, 2.24) is 4.98 Å². The number of aromatic nitrogens is 1. The van der Waals surface area contributed by atoms with Gasteiger partial charge in [0.15, 0.2) is 5.13 Å². The highest BCUT2D eigenvalue weighted by Crippen LogP contribution is 2.25. The summed E-state index contributed by atoms with van der Waals surface area (Å²) in [4.78, 5) is 17.3. The topological polar surface area (TPSA) is 68.0 Å². The summed E-state index contributed by atoms with van der Waals surface area (Å²) in [7, 11) is 0. The lowest BCUT2D eigenvalue weighted by atomic mass is 10.1. The molecule has 108 valence electrons. The van der Waals surface area contributed by atoms with Gasteiger partial charge in [0.05, 0.1) is 0 Å². The van der Waals surface area contributed by atoms with Gasteiger partial charge in [-0.3, -0.25) is 4.79 Å². The van der Waals surface area contributed by atoms with Crippen LogP contribution in [0.25, 0.3) is 0 Å². The van der Waals surface area contributed by atoms with Crippen molar-refractivity contribution in [3.8, 4) is 0 Å². The Balaban J connectivity index is 0.00000200. The Hall–Kier alpha value is -1.43. The molecule has 2 rings (SSSR count). The number of thiazole rings is 1. The number of nitrogens with one attached hydrogen (secondary N) is 1. The van der Waals surface area contributed by atoms with E-state index < -0.39 is 6.04 Å². The van der Waals surface area contributed by atoms with Crippen LogP contribution in [0.5, 0.6) is 0 Å². The van der Waals surface area contributed by atoms with Crippen LogP contribution in [0.4, 0.5) is 5.13 Å². The van der Waals surface area contributed by atoms with Gasteiger partial charge < -0.3 is 11.1 Å². The smallest absolute Gasteiger partial charge is 0.247 e. The first kappa shape index (κ1) is 16.6. The summed E-state index contributed by atoms with van der Waals surface area (Å²) in [6.45, 7) is 4.18. The molecule has 0 fully saturated rings. The van der Waals surface area contributed by atoms with E-state index in [0.717, 1.165) is 10.4 Å². The van der Waals surface area contributed by atoms with Gasteiger partial charge in [-0.25, -0.2) is 4.98 Å². The fourth-order valence-electron chi connectivity index (χ4n) is 1.61. The van der Waals surface area contributed by atoms with E-state index in [-0.39, 0.29) is 18.3 Å². The van der Waals surface area contributed by atoms with Crippen molar-refractivity contribution in [3.05, 3.63) is 47.0 Å². The van der Waals surface area contributed by atoms with Crippen LogP contribution in [0.15, 0.2) is 36.5 Å². The van der Waals surface area contributed by atoms with Gasteiger partial charge in [-0.2, -0.15) is 0 Å². The third-order valence-corrected chi connectivity index (χ3v) is 3.98. The molecule has 20 heavy (non-hydrogen) atoms. The standard InChI is InChI=1S/C14H17N3OS.ClH/c1-9(2)11-8-16-14(19-11)17-13(18)12(15)10-6-4-3-5-7-10;/h3-9,12H,15H2,1-2H3,(H,16,17,18);1H. The second-order valence-corrected chi connectivity index (χ2v) is 5.66. The summed E-state index contributed by atoms with van der Waals surface area (Å²) in [6, 6.07) is 8.62. The van der Waals surface area contributed by atoms with Crippen molar-refractivity contribution in [1.29, 1.82) is 0 Å². The third-order valence-electron chi connectivity index (χ3n) is 2.76. The quantitative estimate of drug-likeness (QED) is 0.910. The van der Waals surface area contributed by atoms with Crippen molar-refractivity contribution in [2.45, 2.75) is 25.8 Å². The highest BCUT2D eigenvalue weighted by atomic mass is 35.5. The van der Waals surface area contributed by atoms with E-state index in [1.165, 1.54) is 11.3 Å². The van der Waals surface area contributed by atoms with Crippen molar-refractivity contribution >= 4 is 34.8 Å². The van der Waals surface area contributed by atoms with E-state index in [9.17, 15) is 4.79 Å². The summed E-state index contributed by atoms with van der Waals surface area (Å²) >= 11 is 1.48. The maximum Gasteiger partial charge on any atom is 0.247 e. The molecule has 0 aliphatic carbocycles. The number of nitrogens with zero attached hydrogens (tertiary/aromatic N) is 1. The first-order chi connectivity index (χ1) is 9.08. The molecule has 1 aromatic heterocycles. The van der Waals surface area contributed by atoms with Gasteiger partial charge in [0, 0.05) is 11.1 Å². The van der Waals surface area contributed by atoms with Crippen LogP contribution in [0.1, 0.15) is 36.2 Å². The highest BCUT2D eigenvalue weighted by Gasteiger charge is 2.17. The van der Waals surface area contributed by atoms with Crippen LogP contribution in [0, 0.1) is 0 Å². The lowest BCUT2D eigenvalue weighted by Crippen LogP contribution is -2.27. The van der Waals surface area contributed by atoms with Crippen LogP contribution in [0.2, 0.25) is 0 Å². The molecule has 2 aromatic rings. The molecule has 0 saturated carbocycles. The minimum absolute atomic E-state index is 0. The zero-order chi connectivity index (χ0) is 13.8. The summed E-state index contributed by atoms with van der Waals surface area (Å²) in [5.41, 5.74) is 6.71. The number of amides is 1. The molecule has 4 nitrogen and oxygen atoms in total. The molecule has 1 aromatic carbocycles. The summed E-state index contributed by atoms with van der Waals surface area (Å²) in [5.74, 6) is 0.168. The molecule has 0 bridgehead atoms. The van der Waals surface area contributed by atoms with Gasteiger partial charge in [0.25, 0.3) is 0 Å². The minimum atomic E-state index is -0.674.